The summed E-state index contributed by atoms with van der Waals surface area (Å²) in [6.07, 6.45) is 1.52. The Kier molecular flexibility index (Phi) is 3.79. The fourth-order valence-corrected chi connectivity index (χ4v) is 2.01. The summed E-state index contributed by atoms with van der Waals surface area (Å²) in [5.41, 5.74) is 2.54. The summed E-state index contributed by atoms with van der Waals surface area (Å²) in [7, 11) is 0. The van der Waals surface area contributed by atoms with E-state index in [1.807, 2.05) is 24.3 Å². The Morgan fingerprint density at radius 2 is 2.10 bits per heavy atom. The van der Waals surface area contributed by atoms with Crippen LogP contribution in [0.4, 0.5) is 10.1 Å². The van der Waals surface area contributed by atoms with Crippen LogP contribution >= 0.6 is 11.6 Å². The molecule has 0 bridgehead atoms. The number of aromatic nitrogens is 4. The van der Waals surface area contributed by atoms with Crippen molar-refractivity contribution in [1.29, 1.82) is 0 Å². The lowest BCUT2D eigenvalue weighted by atomic mass is 10.2. The van der Waals surface area contributed by atoms with E-state index in [2.05, 4.69) is 20.8 Å². The Morgan fingerprint density at radius 1 is 1.19 bits per heavy atom. The Balaban J connectivity index is 1.73. The van der Waals surface area contributed by atoms with Gasteiger partial charge in [-0.1, -0.05) is 23.7 Å². The molecule has 7 heteroatoms. The Bertz CT molecular complexity index is 745. The molecule has 106 valence electrons. The van der Waals surface area contributed by atoms with Crippen molar-refractivity contribution in [3.8, 4) is 5.69 Å². The second kappa shape index (κ2) is 5.88. The Hall–Kier alpha value is -2.47. The van der Waals surface area contributed by atoms with Crippen molar-refractivity contribution in [2.45, 2.75) is 6.54 Å². The van der Waals surface area contributed by atoms with Crippen molar-refractivity contribution in [2.24, 2.45) is 0 Å². The van der Waals surface area contributed by atoms with Gasteiger partial charge < -0.3 is 5.32 Å². The van der Waals surface area contributed by atoms with Gasteiger partial charge in [-0.15, -0.1) is 5.10 Å². The number of rotatable bonds is 4. The molecule has 1 heterocycles. The van der Waals surface area contributed by atoms with Crippen LogP contribution < -0.4 is 5.32 Å². The first-order valence-corrected chi connectivity index (χ1v) is 6.61. The minimum atomic E-state index is -0.418. The van der Waals surface area contributed by atoms with Crippen molar-refractivity contribution >= 4 is 17.3 Å². The predicted molar refractivity (Wildman–Crippen MR) is 77.9 cm³/mol. The average molecular weight is 304 g/mol. The van der Waals surface area contributed by atoms with Gasteiger partial charge in [-0.25, -0.2) is 9.07 Å². The molecule has 1 aromatic heterocycles. The lowest BCUT2D eigenvalue weighted by molar-refractivity contribution is 0.626. The van der Waals surface area contributed by atoms with Gasteiger partial charge in [0.25, 0.3) is 0 Å². The van der Waals surface area contributed by atoms with Gasteiger partial charge in [0.05, 0.1) is 10.7 Å². The number of halogens is 2. The fourth-order valence-electron chi connectivity index (χ4n) is 1.89. The monoisotopic (exact) mass is 303 g/mol. The Morgan fingerprint density at radius 3 is 2.86 bits per heavy atom. The van der Waals surface area contributed by atoms with E-state index in [1.54, 1.807) is 16.8 Å². The van der Waals surface area contributed by atoms with Gasteiger partial charge in [0.15, 0.2) is 0 Å². The van der Waals surface area contributed by atoms with Gasteiger partial charge >= 0.3 is 0 Å². The first-order chi connectivity index (χ1) is 10.2. The third kappa shape index (κ3) is 3.17. The summed E-state index contributed by atoms with van der Waals surface area (Å²) in [5, 5.41) is 14.4. The highest BCUT2D eigenvalue weighted by Crippen LogP contribution is 2.18. The molecule has 21 heavy (non-hydrogen) atoms. The summed E-state index contributed by atoms with van der Waals surface area (Å²) >= 11 is 5.66. The molecule has 0 radical (unpaired) electrons. The Labute approximate surface area is 125 Å². The first kappa shape index (κ1) is 13.5. The number of hydrogen-bond donors (Lipinski definition) is 1. The van der Waals surface area contributed by atoms with E-state index in [-0.39, 0.29) is 5.02 Å². The predicted octanol–water partition coefficient (Wildman–Crippen LogP) is 3.07. The molecule has 0 aliphatic rings. The molecule has 0 unspecified atom stereocenters. The maximum atomic E-state index is 13.4. The molecule has 0 fully saturated rings. The SMILES string of the molecule is Fc1cc(CNc2cccc(-n3cnnn3)c2)ccc1Cl. The summed E-state index contributed by atoms with van der Waals surface area (Å²) < 4.78 is 14.9. The van der Waals surface area contributed by atoms with Crippen molar-refractivity contribution in [3.05, 3.63) is 65.2 Å². The van der Waals surface area contributed by atoms with Crippen LogP contribution in [0.15, 0.2) is 48.8 Å². The molecule has 2 aromatic carbocycles. The number of anilines is 1. The van der Waals surface area contributed by atoms with E-state index >= 15 is 0 Å². The minimum absolute atomic E-state index is 0.124. The lowest BCUT2D eigenvalue weighted by Gasteiger charge is -2.08. The summed E-state index contributed by atoms with van der Waals surface area (Å²) in [5.74, 6) is -0.418. The highest BCUT2D eigenvalue weighted by molar-refractivity contribution is 6.30. The minimum Gasteiger partial charge on any atom is -0.381 e. The summed E-state index contributed by atoms with van der Waals surface area (Å²) in [6, 6.07) is 12.4. The van der Waals surface area contributed by atoms with Crippen molar-refractivity contribution < 1.29 is 4.39 Å². The van der Waals surface area contributed by atoms with Crippen LogP contribution in [0.3, 0.4) is 0 Å². The summed E-state index contributed by atoms with van der Waals surface area (Å²) in [6.45, 7) is 0.493. The van der Waals surface area contributed by atoms with E-state index in [0.717, 1.165) is 16.9 Å². The largest absolute Gasteiger partial charge is 0.381 e. The van der Waals surface area contributed by atoms with Crippen LogP contribution in [0.2, 0.25) is 5.02 Å². The van der Waals surface area contributed by atoms with Crippen LogP contribution in [0, 0.1) is 5.82 Å². The van der Waals surface area contributed by atoms with Gasteiger partial charge in [0, 0.05) is 12.2 Å². The topological polar surface area (TPSA) is 55.6 Å². The number of nitrogens with one attached hydrogen (secondary N) is 1. The van der Waals surface area contributed by atoms with Crippen molar-refractivity contribution in [2.75, 3.05) is 5.32 Å². The first-order valence-electron chi connectivity index (χ1n) is 6.23. The van der Waals surface area contributed by atoms with Crippen LogP contribution in [0.1, 0.15) is 5.56 Å². The third-order valence-corrected chi connectivity index (χ3v) is 3.25. The normalized spacial score (nSPS) is 10.6. The molecule has 0 atom stereocenters. The van der Waals surface area contributed by atoms with Crippen LogP contribution in [0.25, 0.3) is 5.69 Å². The van der Waals surface area contributed by atoms with Gasteiger partial charge in [-0.3, -0.25) is 0 Å². The van der Waals surface area contributed by atoms with Gasteiger partial charge in [0.1, 0.15) is 12.1 Å². The molecule has 0 amide bonds. The fraction of sp³-hybridized carbons (Fsp3) is 0.0714. The van der Waals surface area contributed by atoms with E-state index in [4.69, 9.17) is 11.6 Å². The maximum Gasteiger partial charge on any atom is 0.143 e. The zero-order chi connectivity index (χ0) is 14.7. The molecule has 0 aliphatic heterocycles. The highest BCUT2D eigenvalue weighted by Gasteiger charge is 2.02. The quantitative estimate of drug-likeness (QED) is 0.805. The number of tetrazole rings is 1. The van der Waals surface area contributed by atoms with Gasteiger partial charge in [0.2, 0.25) is 0 Å². The van der Waals surface area contributed by atoms with Gasteiger partial charge in [-0.05, 0) is 46.3 Å². The second-order valence-corrected chi connectivity index (χ2v) is 4.81. The summed E-state index contributed by atoms with van der Waals surface area (Å²) in [4.78, 5) is 0. The molecule has 3 aromatic rings. The maximum absolute atomic E-state index is 13.4. The number of nitrogens with zero attached hydrogens (tertiary/aromatic N) is 4. The molecular formula is C14H11ClFN5. The molecule has 1 N–H and O–H groups in total. The van der Waals surface area contributed by atoms with E-state index < -0.39 is 5.82 Å². The van der Waals surface area contributed by atoms with E-state index in [9.17, 15) is 4.39 Å². The van der Waals surface area contributed by atoms with E-state index in [1.165, 1.54) is 12.4 Å². The van der Waals surface area contributed by atoms with Crippen LogP contribution in [-0.4, -0.2) is 20.2 Å². The average Bonchev–Trinajstić information content (AvgIpc) is 3.03. The van der Waals surface area contributed by atoms with Crippen LogP contribution in [0.5, 0.6) is 0 Å². The van der Waals surface area contributed by atoms with Crippen LogP contribution in [-0.2, 0) is 6.54 Å². The molecule has 5 nitrogen and oxygen atoms in total. The lowest BCUT2D eigenvalue weighted by Crippen LogP contribution is -2.01. The molecule has 3 rings (SSSR count). The number of hydrogen-bond acceptors (Lipinski definition) is 4. The third-order valence-electron chi connectivity index (χ3n) is 2.94. The smallest absolute Gasteiger partial charge is 0.143 e. The molecular weight excluding hydrogens is 293 g/mol. The highest BCUT2D eigenvalue weighted by atomic mass is 35.5. The number of benzene rings is 2. The van der Waals surface area contributed by atoms with Crippen molar-refractivity contribution in [3.63, 3.8) is 0 Å². The molecule has 0 aliphatic carbocycles. The van der Waals surface area contributed by atoms with E-state index in [0.29, 0.717) is 6.54 Å². The molecule has 0 saturated heterocycles. The molecule has 0 saturated carbocycles. The van der Waals surface area contributed by atoms with Crippen molar-refractivity contribution in [1.82, 2.24) is 20.2 Å². The second-order valence-electron chi connectivity index (χ2n) is 4.41. The van der Waals surface area contributed by atoms with Gasteiger partial charge in [-0.2, -0.15) is 0 Å². The zero-order valence-corrected chi connectivity index (χ0v) is 11.6. The standard InChI is InChI=1S/C14H11ClFN5/c15-13-5-4-10(6-14(13)16)8-17-11-2-1-3-12(7-11)21-9-18-19-20-21/h1-7,9,17H,8H2. The molecule has 0 spiro atoms. The zero-order valence-electron chi connectivity index (χ0n) is 10.9.